The summed E-state index contributed by atoms with van der Waals surface area (Å²) < 4.78 is 26.4. The second kappa shape index (κ2) is 5.22. The summed E-state index contributed by atoms with van der Waals surface area (Å²) in [5.41, 5.74) is 0.350. The van der Waals surface area contributed by atoms with Crippen molar-refractivity contribution >= 4 is 27.5 Å². The fourth-order valence-corrected chi connectivity index (χ4v) is 1.57. The summed E-state index contributed by atoms with van der Waals surface area (Å²) in [5, 5.41) is 2.39. The van der Waals surface area contributed by atoms with Crippen LogP contribution in [0, 0.1) is 11.6 Å². The molecule has 0 fully saturated rings. The average Bonchev–Trinajstić information content (AvgIpc) is 2.28. The summed E-state index contributed by atoms with van der Waals surface area (Å²) >= 11 is 3.14. The second-order valence-corrected chi connectivity index (χ2v) is 4.29. The van der Waals surface area contributed by atoms with Crippen molar-refractivity contribution in [2.24, 2.45) is 0 Å². The number of aromatic nitrogens is 1. The topological polar surface area (TPSA) is 42.0 Å². The summed E-state index contributed by atoms with van der Waals surface area (Å²) in [5.74, 6) is -1.99. The molecule has 1 aromatic heterocycles. The minimum absolute atomic E-state index is 0.0559. The zero-order valence-electron chi connectivity index (χ0n) is 8.95. The predicted octanol–water partition coefficient (Wildman–Crippen LogP) is 3.37. The molecule has 2 aromatic rings. The summed E-state index contributed by atoms with van der Waals surface area (Å²) in [7, 11) is 0. The highest BCUT2D eigenvalue weighted by Gasteiger charge is 2.08. The molecule has 18 heavy (non-hydrogen) atoms. The first-order valence-electron chi connectivity index (χ1n) is 4.93. The Bertz CT molecular complexity index is 567. The van der Waals surface area contributed by atoms with Crippen LogP contribution in [0.25, 0.3) is 0 Å². The zero-order valence-corrected chi connectivity index (χ0v) is 10.5. The van der Waals surface area contributed by atoms with Gasteiger partial charge in [-0.15, -0.1) is 0 Å². The molecule has 0 unspecified atom stereocenters. The van der Waals surface area contributed by atoms with Gasteiger partial charge in [0.05, 0.1) is 5.56 Å². The van der Waals surface area contributed by atoms with Gasteiger partial charge in [0, 0.05) is 18.0 Å². The fourth-order valence-electron chi connectivity index (χ4n) is 1.34. The molecule has 2 rings (SSSR count). The minimum atomic E-state index is -0.751. The molecule has 3 nitrogen and oxygen atoms in total. The Morgan fingerprint density at radius 1 is 1.17 bits per heavy atom. The van der Waals surface area contributed by atoms with Crippen LogP contribution < -0.4 is 5.32 Å². The van der Waals surface area contributed by atoms with Crippen molar-refractivity contribution in [3.8, 4) is 0 Å². The van der Waals surface area contributed by atoms with Gasteiger partial charge in [-0.2, -0.15) is 0 Å². The van der Waals surface area contributed by atoms with Crippen molar-refractivity contribution in [1.82, 2.24) is 4.98 Å². The van der Waals surface area contributed by atoms with E-state index < -0.39 is 17.5 Å². The maximum Gasteiger partial charge on any atom is 0.257 e. The summed E-state index contributed by atoms with van der Waals surface area (Å²) in [6, 6.07) is 5.94. The Labute approximate surface area is 110 Å². The van der Waals surface area contributed by atoms with Gasteiger partial charge in [0.1, 0.15) is 16.2 Å². The van der Waals surface area contributed by atoms with Gasteiger partial charge >= 0.3 is 0 Å². The van der Waals surface area contributed by atoms with Gasteiger partial charge in [-0.25, -0.2) is 13.8 Å². The molecule has 92 valence electrons. The zero-order chi connectivity index (χ0) is 13.1. The summed E-state index contributed by atoms with van der Waals surface area (Å²) in [6.45, 7) is 0. The van der Waals surface area contributed by atoms with Crippen molar-refractivity contribution in [1.29, 1.82) is 0 Å². The number of pyridine rings is 1. The second-order valence-electron chi connectivity index (χ2n) is 3.48. The Kier molecular flexibility index (Phi) is 3.66. The number of hydrogen-bond donors (Lipinski definition) is 1. The molecule has 1 aromatic carbocycles. The molecule has 0 saturated heterocycles. The number of nitrogens with zero attached hydrogens (tertiary/aromatic N) is 1. The van der Waals surface area contributed by atoms with Crippen LogP contribution in [0.3, 0.4) is 0 Å². The predicted molar refractivity (Wildman–Crippen MR) is 66.2 cm³/mol. The molecule has 0 radical (unpaired) electrons. The molecular weight excluding hydrogens is 306 g/mol. The van der Waals surface area contributed by atoms with E-state index in [4.69, 9.17) is 0 Å². The molecule has 1 heterocycles. The van der Waals surface area contributed by atoms with Gasteiger partial charge < -0.3 is 5.32 Å². The highest BCUT2D eigenvalue weighted by molar-refractivity contribution is 9.10. The highest BCUT2D eigenvalue weighted by Crippen LogP contribution is 2.14. The fraction of sp³-hybridized carbons (Fsp3) is 0. The van der Waals surface area contributed by atoms with Gasteiger partial charge in [0.2, 0.25) is 0 Å². The Balaban J connectivity index is 2.18. The first-order chi connectivity index (χ1) is 8.54. The van der Waals surface area contributed by atoms with E-state index in [1.54, 1.807) is 12.1 Å². The largest absolute Gasteiger partial charge is 0.322 e. The van der Waals surface area contributed by atoms with Gasteiger partial charge in [-0.1, -0.05) is 0 Å². The van der Waals surface area contributed by atoms with Crippen molar-refractivity contribution in [2.45, 2.75) is 0 Å². The third-order valence-electron chi connectivity index (χ3n) is 2.11. The number of benzene rings is 1. The summed E-state index contributed by atoms with van der Waals surface area (Å²) in [4.78, 5) is 15.6. The van der Waals surface area contributed by atoms with Crippen LogP contribution in [0.15, 0.2) is 41.1 Å². The van der Waals surface area contributed by atoms with Gasteiger partial charge in [-0.3, -0.25) is 4.79 Å². The van der Waals surface area contributed by atoms with E-state index in [-0.39, 0.29) is 5.69 Å². The van der Waals surface area contributed by atoms with Crippen LogP contribution in [0.4, 0.5) is 14.5 Å². The number of amides is 1. The van der Waals surface area contributed by atoms with E-state index in [0.717, 1.165) is 18.2 Å². The standard InChI is InChI=1S/C12H7BrF2N2O/c13-11-2-1-7(6-16-11)12(18)17-10-4-8(14)3-9(15)5-10/h1-6H,(H,17,18). The third kappa shape index (κ3) is 3.10. The van der Waals surface area contributed by atoms with Crippen LogP contribution in [0.1, 0.15) is 10.4 Å². The average molecular weight is 313 g/mol. The number of rotatable bonds is 2. The number of halogens is 3. The Morgan fingerprint density at radius 2 is 1.83 bits per heavy atom. The van der Waals surface area contributed by atoms with Crippen LogP contribution in [0.2, 0.25) is 0 Å². The molecule has 0 aliphatic carbocycles. The van der Waals surface area contributed by atoms with Crippen molar-refractivity contribution in [2.75, 3.05) is 5.32 Å². The number of anilines is 1. The lowest BCUT2D eigenvalue weighted by Crippen LogP contribution is -2.12. The quantitative estimate of drug-likeness (QED) is 0.864. The van der Waals surface area contributed by atoms with E-state index in [0.29, 0.717) is 10.2 Å². The molecule has 0 atom stereocenters. The van der Waals surface area contributed by atoms with Gasteiger partial charge in [-0.05, 0) is 40.2 Å². The van der Waals surface area contributed by atoms with Crippen LogP contribution in [-0.2, 0) is 0 Å². The third-order valence-corrected chi connectivity index (χ3v) is 2.58. The molecule has 0 spiro atoms. The monoisotopic (exact) mass is 312 g/mol. The lowest BCUT2D eigenvalue weighted by Gasteiger charge is -2.05. The molecule has 0 aliphatic rings. The number of nitrogens with one attached hydrogen (secondary N) is 1. The maximum absolute atomic E-state index is 12.9. The molecular formula is C12H7BrF2N2O. The normalized spacial score (nSPS) is 10.2. The smallest absolute Gasteiger partial charge is 0.257 e. The van der Waals surface area contributed by atoms with Gasteiger partial charge in [0.25, 0.3) is 5.91 Å². The lowest BCUT2D eigenvalue weighted by molar-refractivity contribution is 0.102. The van der Waals surface area contributed by atoms with Gasteiger partial charge in [0.15, 0.2) is 0 Å². The Morgan fingerprint density at radius 3 is 2.39 bits per heavy atom. The first kappa shape index (κ1) is 12.6. The van der Waals surface area contributed by atoms with Crippen LogP contribution in [0.5, 0.6) is 0 Å². The van der Waals surface area contributed by atoms with E-state index >= 15 is 0 Å². The maximum atomic E-state index is 12.9. The molecule has 1 N–H and O–H groups in total. The van der Waals surface area contributed by atoms with Crippen molar-refractivity contribution in [3.05, 3.63) is 58.3 Å². The minimum Gasteiger partial charge on any atom is -0.322 e. The summed E-state index contributed by atoms with van der Waals surface area (Å²) in [6.07, 6.45) is 1.36. The van der Waals surface area contributed by atoms with Crippen LogP contribution >= 0.6 is 15.9 Å². The number of carbonyl (C=O) groups is 1. The molecule has 1 amide bonds. The number of hydrogen-bond acceptors (Lipinski definition) is 2. The van der Waals surface area contributed by atoms with E-state index in [9.17, 15) is 13.6 Å². The SMILES string of the molecule is O=C(Nc1cc(F)cc(F)c1)c1ccc(Br)nc1. The molecule has 0 bridgehead atoms. The lowest BCUT2D eigenvalue weighted by atomic mass is 10.2. The Hall–Kier alpha value is -1.82. The number of carbonyl (C=O) groups excluding carboxylic acids is 1. The first-order valence-corrected chi connectivity index (χ1v) is 5.73. The highest BCUT2D eigenvalue weighted by atomic mass is 79.9. The van der Waals surface area contributed by atoms with Crippen LogP contribution in [-0.4, -0.2) is 10.9 Å². The van der Waals surface area contributed by atoms with Crippen molar-refractivity contribution in [3.63, 3.8) is 0 Å². The molecule has 0 aliphatic heterocycles. The van der Waals surface area contributed by atoms with E-state index in [1.165, 1.54) is 6.20 Å². The van der Waals surface area contributed by atoms with Crippen molar-refractivity contribution < 1.29 is 13.6 Å². The molecule has 6 heteroatoms. The molecule has 0 saturated carbocycles. The van der Waals surface area contributed by atoms with E-state index in [2.05, 4.69) is 26.2 Å². The van der Waals surface area contributed by atoms with E-state index in [1.807, 2.05) is 0 Å².